The third kappa shape index (κ3) is 4.39. The van der Waals surface area contributed by atoms with Crippen molar-refractivity contribution in [3.63, 3.8) is 0 Å². The van der Waals surface area contributed by atoms with E-state index < -0.39 is 0 Å². The third-order valence-electron chi connectivity index (χ3n) is 4.16. The Morgan fingerprint density at radius 3 is 2.72 bits per heavy atom. The number of benzene rings is 1. The largest absolute Gasteiger partial charge is 0.348 e. The van der Waals surface area contributed by atoms with Crippen LogP contribution in [0.25, 0.3) is 5.82 Å². The highest BCUT2D eigenvalue weighted by atomic mass is 32.1. The highest BCUT2D eigenvalue weighted by Crippen LogP contribution is 2.15. The molecule has 0 saturated heterocycles. The Morgan fingerprint density at radius 2 is 1.93 bits per heavy atom. The lowest BCUT2D eigenvalue weighted by Crippen LogP contribution is -2.24. The molecule has 0 aliphatic heterocycles. The summed E-state index contributed by atoms with van der Waals surface area (Å²) in [4.78, 5) is 29.8. The first-order valence-corrected chi connectivity index (χ1v) is 9.76. The highest BCUT2D eigenvalue weighted by molar-refractivity contribution is 7.12. The van der Waals surface area contributed by atoms with Gasteiger partial charge in [-0.25, -0.2) is 9.67 Å². The van der Waals surface area contributed by atoms with Gasteiger partial charge in [-0.1, -0.05) is 18.2 Å². The summed E-state index contributed by atoms with van der Waals surface area (Å²) < 4.78 is 1.65. The minimum absolute atomic E-state index is 0.197. The molecule has 2 amide bonds. The highest BCUT2D eigenvalue weighted by Gasteiger charge is 2.11. The predicted molar refractivity (Wildman–Crippen MR) is 111 cm³/mol. The molecular formula is C21H17N5O2S. The second-order valence-corrected chi connectivity index (χ2v) is 7.08. The van der Waals surface area contributed by atoms with Crippen molar-refractivity contribution in [1.29, 1.82) is 0 Å². The summed E-state index contributed by atoms with van der Waals surface area (Å²) in [7, 11) is 0. The topological polar surface area (TPSA) is 88.9 Å². The van der Waals surface area contributed by atoms with E-state index >= 15 is 0 Å². The molecule has 3 aromatic heterocycles. The first-order chi connectivity index (χ1) is 14.2. The zero-order chi connectivity index (χ0) is 20.1. The molecule has 8 heteroatoms. The fourth-order valence-corrected chi connectivity index (χ4v) is 3.40. The quantitative estimate of drug-likeness (QED) is 0.516. The molecule has 0 saturated carbocycles. The van der Waals surface area contributed by atoms with Gasteiger partial charge in [0.15, 0.2) is 5.82 Å². The van der Waals surface area contributed by atoms with Crippen LogP contribution >= 0.6 is 11.3 Å². The number of thiophene rings is 1. The lowest BCUT2D eigenvalue weighted by Gasteiger charge is -2.10. The van der Waals surface area contributed by atoms with Gasteiger partial charge in [0, 0.05) is 41.9 Å². The summed E-state index contributed by atoms with van der Waals surface area (Å²) in [6.45, 7) is 0.299. The van der Waals surface area contributed by atoms with E-state index in [2.05, 4.69) is 20.7 Å². The van der Waals surface area contributed by atoms with Crippen molar-refractivity contribution >= 4 is 28.8 Å². The number of amides is 2. The summed E-state index contributed by atoms with van der Waals surface area (Å²) in [6.07, 6.45) is 5.16. The fourth-order valence-electron chi connectivity index (χ4n) is 2.78. The number of aromatic nitrogens is 3. The monoisotopic (exact) mass is 403 g/mol. The average molecular weight is 403 g/mol. The van der Waals surface area contributed by atoms with Crippen LogP contribution in [0.1, 0.15) is 25.6 Å². The summed E-state index contributed by atoms with van der Waals surface area (Å²) in [5.41, 5.74) is 1.86. The van der Waals surface area contributed by atoms with Gasteiger partial charge in [-0.05, 0) is 41.8 Å². The lowest BCUT2D eigenvalue weighted by atomic mass is 10.1. The second kappa shape index (κ2) is 8.49. The Balaban J connectivity index is 1.44. The molecule has 7 nitrogen and oxygen atoms in total. The maximum atomic E-state index is 12.6. The van der Waals surface area contributed by atoms with Gasteiger partial charge in [0.2, 0.25) is 0 Å². The molecular weight excluding hydrogens is 386 g/mol. The normalized spacial score (nSPS) is 10.5. The Bertz CT molecular complexity index is 1120. The number of anilines is 1. The average Bonchev–Trinajstić information content (AvgIpc) is 3.47. The Hall–Kier alpha value is -3.78. The van der Waals surface area contributed by atoms with E-state index in [9.17, 15) is 9.59 Å². The van der Waals surface area contributed by atoms with Crippen molar-refractivity contribution in [3.8, 4) is 5.82 Å². The Labute approximate surface area is 171 Å². The van der Waals surface area contributed by atoms with Crippen LogP contribution in [0.3, 0.4) is 0 Å². The van der Waals surface area contributed by atoms with E-state index in [1.165, 1.54) is 11.3 Å². The SMILES string of the molecule is O=C(NCc1cccnc1-n1cccn1)c1cccc(NC(=O)c2cccs2)c1. The van der Waals surface area contributed by atoms with E-state index in [1.807, 2.05) is 29.6 Å². The first-order valence-electron chi connectivity index (χ1n) is 8.88. The molecule has 4 aromatic rings. The van der Waals surface area contributed by atoms with E-state index in [4.69, 9.17) is 0 Å². The van der Waals surface area contributed by atoms with Crippen LogP contribution in [0.4, 0.5) is 5.69 Å². The molecule has 0 unspecified atom stereocenters. The number of rotatable bonds is 6. The summed E-state index contributed by atoms with van der Waals surface area (Å²) in [5.74, 6) is 0.221. The van der Waals surface area contributed by atoms with Crippen molar-refractivity contribution < 1.29 is 9.59 Å². The molecule has 29 heavy (non-hydrogen) atoms. The van der Waals surface area contributed by atoms with Gasteiger partial charge in [0.1, 0.15) is 0 Å². The van der Waals surface area contributed by atoms with E-state index in [-0.39, 0.29) is 11.8 Å². The van der Waals surface area contributed by atoms with Gasteiger partial charge in [-0.2, -0.15) is 5.10 Å². The standard InChI is InChI=1S/C21H17N5O2S/c27-20(23-14-16-6-2-9-22-19(16)26-11-4-10-24-26)15-5-1-7-17(13-15)25-21(28)18-8-3-12-29-18/h1-13H,14H2,(H,23,27)(H,25,28). The number of nitrogens with zero attached hydrogens (tertiary/aromatic N) is 3. The summed E-state index contributed by atoms with van der Waals surface area (Å²) in [5, 5.41) is 11.7. The molecule has 1 aromatic carbocycles. The number of carbonyl (C=O) groups is 2. The Kier molecular flexibility index (Phi) is 5.44. The molecule has 0 atom stereocenters. The van der Waals surface area contributed by atoms with E-state index in [0.29, 0.717) is 28.5 Å². The van der Waals surface area contributed by atoms with Gasteiger partial charge < -0.3 is 10.6 Å². The second-order valence-electron chi connectivity index (χ2n) is 6.13. The van der Waals surface area contributed by atoms with Crippen LogP contribution in [-0.2, 0) is 6.54 Å². The van der Waals surface area contributed by atoms with Gasteiger partial charge in [-0.3, -0.25) is 9.59 Å². The number of hydrogen-bond donors (Lipinski definition) is 2. The smallest absolute Gasteiger partial charge is 0.265 e. The Morgan fingerprint density at radius 1 is 1.00 bits per heavy atom. The van der Waals surface area contributed by atoms with Crippen LogP contribution in [0, 0.1) is 0 Å². The van der Waals surface area contributed by atoms with E-state index in [1.54, 1.807) is 53.6 Å². The van der Waals surface area contributed by atoms with Crippen molar-refractivity contribution in [2.24, 2.45) is 0 Å². The molecule has 0 spiro atoms. The van der Waals surface area contributed by atoms with Crippen LogP contribution in [0.15, 0.2) is 78.6 Å². The van der Waals surface area contributed by atoms with Crippen LogP contribution in [0.2, 0.25) is 0 Å². The summed E-state index contributed by atoms with van der Waals surface area (Å²) in [6, 6.07) is 15.9. The molecule has 0 bridgehead atoms. The van der Waals surface area contributed by atoms with E-state index in [0.717, 1.165) is 5.56 Å². The molecule has 2 N–H and O–H groups in total. The first kappa shape index (κ1) is 18.6. The molecule has 0 radical (unpaired) electrons. The maximum Gasteiger partial charge on any atom is 0.265 e. The minimum Gasteiger partial charge on any atom is -0.348 e. The zero-order valence-corrected chi connectivity index (χ0v) is 16.1. The molecule has 4 rings (SSSR count). The zero-order valence-electron chi connectivity index (χ0n) is 15.3. The van der Waals surface area contributed by atoms with Crippen LogP contribution in [0.5, 0.6) is 0 Å². The van der Waals surface area contributed by atoms with Crippen molar-refractivity contribution in [3.05, 3.63) is 94.6 Å². The molecule has 0 fully saturated rings. The molecule has 0 aliphatic carbocycles. The number of carbonyl (C=O) groups excluding carboxylic acids is 2. The summed E-state index contributed by atoms with van der Waals surface area (Å²) >= 11 is 1.36. The van der Waals surface area contributed by atoms with Gasteiger partial charge >= 0.3 is 0 Å². The predicted octanol–water partition coefficient (Wildman–Crippen LogP) is 3.51. The van der Waals surface area contributed by atoms with Gasteiger partial charge in [-0.15, -0.1) is 11.3 Å². The lowest BCUT2D eigenvalue weighted by molar-refractivity contribution is 0.0949. The fraction of sp³-hybridized carbons (Fsp3) is 0.0476. The minimum atomic E-state index is -0.243. The van der Waals surface area contributed by atoms with Crippen molar-refractivity contribution in [2.45, 2.75) is 6.54 Å². The number of nitrogens with one attached hydrogen (secondary N) is 2. The molecule has 144 valence electrons. The van der Waals surface area contributed by atoms with Crippen molar-refractivity contribution in [1.82, 2.24) is 20.1 Å². The third-order valence-corrected chi connectivity index (χ3v) is 5.02. The maximum absolute atomic E-state index is 12.6. The van der Waals surface area contributed by atoms with Crippen molar-refractivity contribution in [2.75, 3.05) is 5.32 Å². The molecule has 0 aliphatic rings. The van der Waals surface area contributed by atoms with Crippen LogP contribution < -0.4 is 10.6 Å². The van der Waals surface area contributed by atoms with Crippen LogP contribution in [-0.4, -0.2) is 26.6 Å². The number of hydrogen-bond acceptors (Lipinski definition) is 5. The van der Waals surface area contributed by atoms with Gasteiger partial charge in [0.25, 0.3) is 11.8 Å². The van der Waals surface area contributed by atoms with Gasteiger partial charge in [0.05, 0.1) is 4.88 Å². The molecule has 3 heterocycles. The number of pyridine rings is 1.